The molecule has 110 valence electrons. The number of hydrogen-bond donors (Lipinski definition) is 3. The van der Waals surface area contributed by atoms with Gasteiger partial charge in [0.05, 0.1) is 24.0 Å². The molecule has 2 aromatic rings. The number of nitrogens with one attached hydrogen (secondary N) is 2. The van der Waals surface area contributed by atoms with Crippen LogP contribution in [0.5, 0.6) is 0 Å². The van der Waals surface area contributed by atoms with E-state index in [1.807, 2.05) is 0 Å². The Bertz CT molecular complexity index is 684. The minimum Gasteiger partial charge on any atom is -0.478 e. The average molecular weight is 354 g/mol. The van der Waals surface area contributed by atoms with Crippen LogP contribution in [0.15, 0.2) is 33.3 Å². The van der Waals surface area contributed by atoms with Gasteiger partial charge in [-0.3, -0.25) is 0 Å². The third kappa shape index (κ3) is 4.06. The summed E-state index contributed by atoms with van der Waals surface area (Å²) in [4.78, 5) is 26.8. The molecule has 1 aromatic heterocycles. The first-order valence-corrected chi connectivity index (χ1v) is 6.74. The summed E-state index contributed by atoms with van der Waals surface area (Å²) in [6.45, 7) is 1.85. The number of benzene rings is 1. The minimum atomic E-state index is -1.12. The van der Waals surface area contributed by atoms with E-state index in [0.29, 0.717) is 16.1 Å². The van der Waals surface area contributed by atoms with Crippen LogP contribution in [0.2, 0.25) is 0 Å². The van der Waals surface area contributed by atoms with Gasteiger partial charge in [-0.15, -0.1) is 0 Å². The molecule has 7 nitrogen and oxygen atoms in total. The summed E-state index contributed by atoms with van der Waals surface area (Å²) in [7, 11) is 0. The maximum Gasteiger partial charge on any atom is 0.337 e. The molecule has 0 aliphatic rings. The number of carbonyl (C=O) groups excluding carboxylic acids is 1. The molecule has 1 heterocycles. The number of halogens is 1. The number of aromatic nitrogens is 1. The molecular formula is C13H12BrN3O4. The van der Waals surface area contributed by atoms with Gasteiger partial charge in [0.2, 0.25) is 5.89 Å². The van der Waals surface area contributed by atoms with Crippen LogP contribution in [0.3, 0.4) is 0 Å². The molecule has 3 N–H and O–H groups in total. The van der Waals surface area contributed by atoms with Crippen LogP contribution in [-0.4, -0.2) is 22.1 Å². The van der Waals surface area contributed by atoms with Gasteiger partial charge in [-0.1, -0.05) is 15.9 Å². The Kier molecular flexibility index (Phi) is 4.59. The van der Waals surface area contributed by atoms with E-state index in [9.17, 15) is 9.59 Å². The number of oxazole rings is 1. The predicted octanol–water partition coefficient (Wildman–Crippen LogP) is 2.77. The van der Waals surface area contributed by atoms with E-state index < -0.39 is 12.0 Å². The van der Waals surface area contributed by atoms with Gasteiger partial charge in [-0.2, -0.15) is 0 Å². The predicted molar refractivity (Wildman–Crippen MR) is 78.2 cm³/mol. The number of carboxylic acid groups (broad SMARTS) is 1. The molecule has 0 unspecified atom stereocenters. The van der Waals surface area contributed by atoms with E-state index in [0.717, 1.165) is 0 Å². The van der Waals surface area contributed by atoms with E-state index in [-0.39, 0.29) is 17.8 Å². The van der Waals surface area contributed by atoms with Gasteiger partial charge in [0.15, 0.2) is 0 Å². The fourth-order valence-corrected chi connectivity index (χ4v) is 1.97. The smallest absolute Gasteiger partial charge is 0.337 e. The Hall–Kier alpha value is -2.35. The molecule has 0 spiro atoms. The van der Waals surface area contributed by atoms with Crippen LogP contribution < -0.4 is 10.6 Å². The Morgan fingerprint density at radius 2 is 2.19 bits per heavy atom. The van der Waals surface area contributed by atoms with Crippen molar-refractivity contribution in [3.8, 4) is 0 Å². The first-order valence-electron chi connectivity index (χ1n) is 5.94. The lowest BCUT2D eigenvalue weighted by Gasteiger charge is -2.09. The van der Waals surface area contributed by atoms with Crippen molar-refractivity contribution in [1.29, 1.82) is 0 Å². The molecule has 0 fully saturated rings. The summed E-state index contributed by atoms with van der Waals surface area (Å²) in [5, 5.41) is 14.1. The van der Waals surface area contributed by atoms with Crippen LogP contribution in [-0.2, 0) is 6.54 Å². The molecule has 2 rings (SSSR count). The number of nitrogens with zero attached hydrogens (tertiary/aromatic N) is 1. The molecule has 8 heteroatoms. The molecule has 0 aliphatic heterocycles. The second-order valence-electron chi connectivity index (χ2n) is 4.17. The molecule has 0 saturated carbocycles. The van der Waals surface area contributed by atoms with Crippen molar-refractivity contribution in [1.82, 2.24) is 10.3 Å². The van der Waals surface area contributed by atoms with Crippen LogP contribution >= 0.6 is 15.9 Å². The van der Waals surface area contributed by atoms with E-state index in [2.05, 4.69) is 31.5 Å². The molecule has 0 radical (unpaired) electrons. The summed E-state index contributed by atoms with van der Waals surface area (Å²) < 4.78 is 5.87. The average Bonchev–Trinajstić information content (AvgIpc) is 2.82. The molecule has 21 heavy (non-hydrogen) atoms. The Labute approximate surface area is 128 Å². The van der Waals surface area contributed by atoms with Crippen molar-refractivity contribution in [2.24, 2.45) is 0 Å². The zero-order valence-electron chi connectivity index (χ0n) is 11.0. The van der Waals surface area contributed by atoms with E-state index in [4.69, 9.17) is 9.52 Å². The van der Waals surface area contributed by atoms with Crippen LogP contribution in [0.25, 0.3) is 0 Å². The van der Waals surface area contributed by atoms with Crippen molar-refractivity contribution in [2.45, 2.75) is 13.5 Å². The van der Waals surface area contributed by atoms with Crippen molar-refractivity contribution in [3.05, 3.63) is 46.1 Å². The summed E-state index contributed by atoms with van der Waals surface area (Å²) in [6.07, 6.45) is 1.55. The highest BCUT2D eigenvalue weighted by molar-refractivity contribution is 9.10. The molecule has 0 bridgehead atoms. The number of anilines is 1. The number of aryl methyl sites for hydroxylation is 1. The fraction of sp³-hybridized carbons (Fsp3) is 0.154. The maximum atomic E-state index is 11.8. The molecule has 2 amide bonds. The van der Waals surface area contributed by atoms with Gasteiger partial charge in [0.1, 0.15) is 5.76 Å². The van der Waals surface area contributed by atoms with Gasteiger partial charge in [-0.25, -0.2) is 14.6 Å². The number of carbonyl (C=O) groups is 2. The molecule has 1 aromatic carbocycles. The topological polar surface area (TPSA) is 104 Å². The van der Waals surface area contributed by atoms with E-state index >= 15 is 0 Å². The summed E-state index contributed by atoms with van der Waals surface area (Å²) >= 11 is 3.22. The number of rotatable bonds is 4. The summed E-state index contributed by atoms with van der Waals surface area (Å²) in [5.74, 6) is -0.108. The van der Waals surface area contributed by atoms with Crippen LogP contribution in [0.4, 0.5) is 10.5 Å². The van der Waals surface area contributed by atoms with E-state index in [1.54, 1.807) is 19.2 Å². The van der Waals surface area contributed by atoms with Crippen molar-refractivity contribution in [3.63, 3.8) is 0 Å². The highest BCUT2D eigenvalue weighted by Gasteiger charge is 2.13. The third-order valence-corrected chi connectivity index (χ3v) is 3.02. The van der Waals surface area contributed by atoms with Crippen molar-refractivity contribution < 1.29 is 19.1 Å². The standard InChI is InChI=1S/C13H12BrN3O4/c1-7-5-15-11(21-7)6-16-13(20)17-10-4-8(14)2-3-9(10)12(18)19/h2-5H,6H2,1H3,(H,18,19)(H2,16,17,20). The number of aromatic carboxylic acids is 1. The first kappa shape index (κ1) is 15.0. The lowest BCUT2D eigenvalue weighted by atomic mass is 10.2. The van der Waals surface area contributed by atoms with Gasteiger partial charge >= 0.3 is 12.0 Å². The lowest BCUT2D eigenvalue weighted by Crippen LogP contribution is -2.29. The van der Waals surface area contributed by atoms with E-state index in [1.165, 1.54) is 12.1 Å². The largest absolute Gasteiger partial charge is 0.478 e. The van der Waals surface area contributed by atoms with Crippen molar-refractivity contribution >= 4 is 33.6 Å². The number of hydrogen-bond acceptors (Lipinski definition) is 4. The highest BCUT2D eigenvalue weighted by Crippen LogP contribution is 2.21. The fourth-order valence-electron chi connectivity index (χ4n) is 1.61. The second-order valence-corrected chi connectivity index (χ2v) is 5.08. The zero-order chi connectivity index (χ0) is 15.4. The molecule has 0 atom stereocenters. The lowest BCUT2D eigenvalue weighted by molar-refractivity contribution is 0.0698. The minimum absolute atomic E-state index is 0.000294. The van der Waals surface area contributed by atoms with Gasteiger partial charge < -0.3 is 20.2 Å². The number of urea groups is 1. The highest BCUT2D eigenvalue weighted by atomic mass is 79.9. The number of carboxylic acids is 1. The zero-order valence-corrected chi connectivity index (χ0v) is 12.6. The quantitative estimate of drug-likeness (QED) is 0.783. The summed E-state index contributed by atoms with van der Waals surface area (Å²) in [5.41, 5.74) is 0.193. The summed E-state index contributed by atoms with van der Waals surface area (Å²) in [6, 6.07) is 3.95. The van der Waals surface area contributed by atoms with Gasteiger partial charge in [0, 0.05) is 4.47 Å². The SMILES string of the molecule is Cc1cnc(CNC(=O)Nc2cc(Br)ccc2C(=O)O)o1. The first-order chi connectivity index (χ1) is 9.95. The van der Waals surface area contributed by atoms with Gasteiger partial charge in [0.25, 0.3) is 0 Å². The van der Waals surface area contributed by atoms with Crippen LogP contribution in [0, 0.1) is 6.92 Å². The monoisotopic (exact) mass is 353 g/mol. The Morgan fingerprint density at radius 1 is 1.43 bits per heavy atom. The third-order valence-electron chi connectivity index (χ3n) is 2.53. The maximum absolute atomic E-state index is 11.8. The number of amides is 2. The Morgan fingerprint density at radius 3 is 2.81 bits per heavy atom. The molecule has 0 aliphatic carbocycles. The second kappa shape index (κ2) is 6.40. The van der Waals surface area contributed by atoms with Gasteiger partial charge in [-0.05, 0) is 25.1 Å². The molecule has 0 saturated heterocycles. The van der Waals surface area contributed by atoms with Crippen molar-refractivity contribution in [2.75, 3.05) is 5.32 Å². The van der Waals surface area contributed by atoms with Crippen LogP contribution in [0.1, 0.15) is 22.0 Å². The normalized spacial score (nSPS) is 10.2. The Balaban J connectivity index is 2.02. The molecular weight excluding hydrogens is 342 g/mol.